The topological polar surface area (TPSA) is 17.1 Å². The molecular formula is C5H7Cl2FO. The Kier molecular flexibility index (Phi) is 5.10. The van der Waals surface area contributed by atoms with Gasteiger partial charge in [0.15, 0.2) is 0 Å². The molecule has 0 unspecified atom stereocenters. The monoisotopic (exact) mass is 172 g/mol. The summed E-state index contributed by atoms with van der Waals surface area (Å²) in [5, 5.41) is -0.529. The highest BCUT2D eigenvalue weighted by Crippen LogP contribution is 2.07. The summed E-state index contributed by atoms with van der Waals surface area (Å²) in [6.07, 6.45) is 0.0293. The molecule has 0 fully saturated rings. The SMILES string of the molecule is O=C(Cl)C[C@H](CF)CCl. The van der Waals surface area contributed by atoms with Crippen LogP contribution in [0, 0.1) is 5.92 Å². The molecule has 1 atom stereocenters. The molecule has 0 radical (unpaired) electrons. The Hall–Kier alpha value is 0.180. The fourth-order valence-electron chi connectivity index (χ4n) is 0.377. The first-order valence-electron chi connectivity index (χ1n) is 2.51. The van der Waals surface area contributed by atoms with Crippen LogP contribution in [0.3, 0.4) is 0 Å². The van der Waals surface area contributed by atoms with Crippen LogP contribution >= 0.6 is 23.2 Å². The minimum absolute atomic E-state index is 0.0293. The van der Waals surface area contributed by atoms with E-state index in [2.05, 4.69) is 0 Å². The summed E-state index contributed by atoms with van der Waals surface area (Å²) in [5.41, 5.74) is 0. The number of hydrogen-bond donors (Lipinski definition) is 0. The van der Waals surface area contributed by atoms with Crippen molar-refractivity contribution in [3.8, 4) is 0 Å². The molecule has 0 aromatic rings. The lowest BCUT2D eigenvalue weighted by Gasteiger charge is -2.02. The lowest BCUT2D eigenvalue weighted by atomic mass is 10.1. The molecule has 4 heteroatoms. The molecule has 0 amide bonds. The van der Waals surface area contributed by atoms with Crippen LogP contribution in [0.25, 0.3) is 0 Å². The van der Waals surface area contributed by atoms with Gasteiger partial charge in [-0.25, -0.2) is 0 Å². The fraction of sp³-hybridized carbons (Fsp3) is 0.800. The number of carbonyl (C=O) groups is 1. The lowest BCUT2D eigenvalue weighted by Crippen LogP contribution is -2.07. The Morgan fingerprint density at radius 1 is 1.67 bits per heavy atom. The van der Waals surface area contributed by atoms with Crippen molar-refractivity contribution in [2.45, 2.75) is 6.42 Å². The molecule has 0 aromatic carbocycles. The van der Waals surface area contributed by atoms with E-state index in [1.165, 1.54) is 0 Å². The molecule has 0 saturated heterocycles. The minimum atomic E-state index is -0.581. The van der Waals surface area contributed by atoms with Gasteiger partial charge in [0.1, 0.15) is 0 Å². The van der Waals surface area contributed by atoms with Crippen LogP contribution in [-0.4, -0.2) is 17.8 Å². The minimum Gasteiger partial charge on any atom is -0.281 e. The zero-order valence-corrected chi connectivity index (χ0v) is 6.25. The van der Waals surface area contributed by atoms with E-state index in [9.17, 15) is 9.18 Å². The molecule has 9 heavy (non-hydrogen) atoms. The molecule has 0 aliphatic rings. The first-order valence-corrected chi connectivity index (χ1v) is 3.42. The largest absolute Gasteiger partial charge is 0.281 e. The maximum absolute atomic E-state index is 11.7. The van der Waals surface area contributed by atoms with Gasteiger partial charge in [-0.05, 0) is 11.6 Å². The molecule has 0 saturated carbocycles. The quantitative estimate of drug-likeness (QED) is 0.469. The molecule has 0 rings (SSSR count). The van der Waals surface area contributed by atoms with Gasteiger partial charge in [0.2, 0.25) is 5.24 Å². The van der Waals surface area contributed by atoms with E-state index in [-0.39, 0.29) is 12.3 Å². The molecule has 1 nitrogen and oxygen atoms in total. The Bertz CT molecular complexity index is 93.0. The second kappa shape index (κ2) is 5.00. The van der Waals surface area contributed by atoms with Crippen LogP contribution in [-0.2, 0) is 4.79 Å². The van der Waals surface area contributed by atoms with Crippen molar-refractivity contribution in [3.63, 3.8) is 0 Å². The zero-order chi connectivity index (χ0) is 7.28. The Labute approximate surface area is 63.1 Å². The molecule has 0 spiro atoms. The number of rotatable bonds is 4. The van der Waals surface area contributed by atoms with Gasteiger partial charge in [-0.15, -0.1) is 11.6 Å². The second-order valence-corrected chi connectivity index (χ2v) is 2.46. The summed E-state index contributed by atoms with van der Waals surface area (Å²) >= 11 is 10.2. The van der Waals surface area contributed by atoms with Gasteiger partial charge in [0.05, 0.1) is 6.67 Å². The maximum Gasteiger partial charge on any atom is 0.222 e. The first kappa shape index (κ1) is 9.18. The third-order valence-electron chi connectivity index (χ3n) is 0.886. The third kappa shape index (κ3) is 4.67. The maximum atomic E-state index is 11.7. The molecule has 0 aliphatic carbocycles. The van der Waals surface area contributed by atoms with Crippen LogP contribution in [0.2, 0.25) is 0 Å². The Morgan fingerprint density at radius 3 is 2.33 bits per heavy atom. The molecular weight excluding hydrogens is 166 g/mol. The first-order chi connectivity index (χ1) is 4.20. The van der Waals surface area contributed by atoms with Crippen molar-refractivity contribution >= 4 is 28.4 Å². The van der Waals surface area contributed by atoms with E-state index >= 15 is 0 Å². The van der Waals surface area contributed by atoms with Gasteiger partial charge < -0.3 is 0 Å². The molecule has 0 aromatic heterocycles. The van der Waals surface area contributed by atoms with Crippen LogP contribution in [0.1, 0.15) is 6.42 Å². The predicted octanol–water partition coefficient (Wildman–Crippen LogP) is 1.97. The molecule has 0 aliphatic heterocycles. The predicted molar refractivity (Wildman–Crippen MR) is 35.7 cm³/mol. The lowest BCUT2D eigenvalue weighted by molar-refractivity contribution is -0.112. The number of carbonyl (C=O) groups excluding carboxylic acids is 1. The third-order valence-corrected chi connectivity index (χ3v) is 1.48. The summed E-state index contributed by atoms with van der Waals surface area (Å²) in [4.78, 5) is 10.1. The van der Waals surface area contributed by atoms with Crippen LogP contribution < -0.4 is 0 Å². The highest BCUT2D eigenvalue weighted by Gasteiger charge is 2.09. The van der Waals surface area contributed by atoms with Crippen molar-refractivity contribution in [2.75, 3.05) is 12.6 Å². The highest BCUT2D eigenvalue weighted by atomic mass is 35.5. The van der Waals surface area contributed by atoms with Crippen LogP contribution in [0.5, 0.6) is 0 Å². The summed E-state index contributed by atoms with van der Waals surface area (Å²) in [6, 6.07) is 0. The van der Waals surface area contributed by atoms with Gasteiger partial charge >= 0.3 is 0 Å². The zero-order valence-electron chi connectivity index (χ0n) is 4.74. The van der Waals surface area contributed by atoms with E-state index in [1.807, 2.05) is 0 Å². The average Bonchev–Trinajstić information content (AvgIpc) is 1.82. The fourth-order valence-corrected chi connectivity index (χ4v) is 0.787. The van der Waals surface area contributed by atoms with Crippen LogP contribution in [0.4, 0.5) is 4.39 Å². The normalized spacial score (nSPS) is 13.2. The summed E-state index contributed by atoms with van der Waals surface area (Å²) in [6.45, 7) is -0.581. The van der Waals surface area contributed by atoms with Crippen molar-refractivity contribution in [1.29, 1.82) is 0 Å². The van der Waals surface area contributed by atoms with E-state index in [0.717, 1.165) is 0 Å². The standard InChI is InChI=1S/C5H7Cl2FO/c6-2-4(3-8)1-5(7)9/h4H,1-3H2/t4-/m0/s1. The number of halogens is 3. The van der Waals surface area contributed by atoms with Gasteiger partial charge in [-0.2, -0.15) is 0 Å². The smallest absolute Gasteiger partial charge is 0.222 e. The van der Waals surface area contributed by atoms with E-state index < -0.39 is 17.8 Å². The number of hydrogen-bond acceptors (Lipinski definition) is 1. The summed E-state index contributed by atoms with van der Waals surface area (Å²) < 4.78 is 11.7. The van der Waals surface area contributed by atoms with Crippen molar-refractivity contribution < 1.29 is 9.18 Å². The van der Waals surface area contributed by atoms with E-state index in [0.29, 0.717) is 0 Å². The molecule has 0 N–H and O–H groups in total. The van der Waals surface area contributed by atoms with Crippen molar-refractivity contribution in [1.82, 2.24) is 0 Å². The van der Waals surface area contributed by atoms with Crippen molar-refractivity contribution in [2.24, 2.45) is 5.92 Å². The van der Waals surface area contributed by atoms with E-state index in [4.69, 9.17) is 23.2 Å². The molecule has 0 heterocycles. The molecule has 0 bridgehead atoms. The van der Waals surface area contributed by atoms with E-state index in [1.54, 1.807) is 0 Å². The van der Waals surface area contributed by atoms with Gasteiger partial charge in [0.25, 0.3) is 0 Å². The summed E-state index contributed by atoms with van der Waals surface area (Å²) in [7, 11) is 0. The van der Waals surface area contributed by atoms with Gasteiger partial charge in [-0.1, -0.05) is 0 Å². The summed E-state index contributed by atoms with van der Waals surface area (Å²) in [5.74, 6) is -0.258. The van der Waals surface area contributed by atoms with Gasteiger partial charge in [-0.3, -0.25) is 9.18 Å². The molecule has 54 valence electrons. The van der Waals surface area contributed by atoms with Gasteiger partial charge in [0, 0.05) is 18.2 Å². The average molecular weight is 173 g/mol. The Morgan fingerprint density at radius 2 is 2.22 bits per heavy atom. The number of alkyl halides is 2. The highest BCUT2D eigenvalue weighted by molar-refractivity contribution is 6.63. The van der Waals surface area contributed by atoms with Crippen molar-refractivity contribution in [3.05, 3.63) is 0 Å². The second-order valence-electron chi connectivity index (χ2n) is 1.73. The van der Waals surface area contributed by atoms with Crippen LogP contribution in [0.15, 0.2) is 0 Å². The Balaban J connectivity index is 3.43.